The Labute approximate surface area is 114 Å². The van der Waals surface area contributed by atoms with Crippen molar-refractivity contribution in [2.45, 2.75) is 38.3 Å². The summed E-state index contributed by atoms with van der Waals surface area (Å²) in [4.78, 5) is 2.54. The van der Waals surface area contributed by atoms with Crippen molar-refractivity contribution < 1.29 is 4.42 Å². The van der Waals surface area contributed by atoms with Crippen LogP contribution in [-0.4, -0.2) is 24.0 Å². The second-order valence-corrected chi connectivity index (χ2v) is 5.52. The van der Waals surface area contributed by atoms with Gasteiger partial charge in [0.15, 0.2) is 0 Å². The summed E-state index contributed by atoms with van der Waals surface area (Å²) in [6.07, 6.45) is 5.77. The maximum absolute atomic E-state index is 6.06. The minimum absolute atomic E-state index is 0.277. The van der Waals surface area contributed by atoms with Crippen LogP contribution in [-0.2, 0) is 0 Å². The van der Waals surface area contributed by atoms with E-state index in [1.54, 1.807) is 0 Å². The van der Waals surface area contributed by atoms with Crippen LogP contribution in [0.1, 0.15) is 37.8 Å². The van der Waals surface area contributed by atoms with E-state index in [2.05, 4.69) is 24.0 Å². The first-order chi connectivity index (χ1) is 9.31. The van der Waals surface area contributed by atoms with Gasteiger partial charge in [0.1, 0.15) is 5.58 Å². The quantitative estimate of drug-likeness (QED) is 0.918. The van der Waals surface area contributed by atoms with Gasteiger partial charge in [-0.2, -0.15) is 0 Å². The van der Waals surface area contributed by atoms with Crippen molar-refractivity contribution in [3.8, 4) is 0 Å². The Bertz CT molecular complexity index is 548. The molecule has 3 heteroatoms. The lowest BCUT2D eigenvalue weighted by Gasteiger charge is -2.39. The van der Waals surface area contributed by atoms with Gasteiger partial charge < -0.3 is 10.2 Å². The first-order valence-electron chi connectivity index (χ1n) is 7.23. The Morgan fingerprint density at radius 2 is 2.21 bits per heavy atom. The smallest absolute Gasteiger partial charge is 0.134 e. The third kappa shape index (κ3) is 2.28. The Morgan fingerprint density at radius 3 is 3.00 bits per heavy atom. The Morgan fingerprint density at radius 1 is 1.37 bits per heavy atom. The molecule has 1 saturated heterocycles. The highest BCUT2D eigenvalue weighted by molar-refractivity contribution is 5.81. The minimum atomic E-state index is 0.277. The van der Waals surface area contributed by atoms with Crippen molar-refractivity contribution in [3.05, 3.63) is 36.1 Å². The Balaban J connectivity index is 1.97. The van der Waals surface area contributed by atoms with Gasteiger partial charge in [0.25, 0.3) is 0 Å². The van der Waals surface area contributed by atoms with Crippen LogP contribution >= 0.6 is 0 Å². The van der Waals surface area contributed by atoms with E-state index in [1.165, 1.54) is 30.2 Å². The van der Waals surface area contributed by atoms with Gasteiger partial charge in [-0.15, -0.1) is 0 Å². The molecular formula is C16H22N2O. The average Bonchev–Trinajstić information content (AvgIpc) is 2.86. The first kappa shape index (κ1) is 12.7. The normalized spacial score (nSPS) is 22.7. The molecule has 2 atom stereocenters. The van der Waals surface area contributed by atoms with Crippen LogP contribution in [0.3, 0.4) is 0 Å². The molecule has 0 spiro atoms. The molecule has 0 amide bonds. The molecule has 2 N–H and O–H groups in total. The van der Waals surface area contributed by atoms with Crippen LogP contribution in [0.5, 0.6) is 0 Å². The number of likely N-dealkylation sites (tertiary alicyclic amines) is 1. The SMILES string of the molecule is CC1CCCCN1C(CN)c1coc2ccccc12. The molecule has 2 unspecified atom stereocenters. The van der Waals surface area contributed by atoms with E-state index in [-0.39, 0.29) is 6.04 Å². The van der Waals surface area contributed by atoms with E-state index < -0.39 is 0 Å². The molecule has 0 radical (unpaired) electrons. The number of nitrogens with zero attached hydrogens (tertiary/aromatic N) is 1. The lowest BCUT2D eigenvalue weighted by molar-refractivity contribution is 0.109. The number of hydrogen-bond donors (Lipinski definition) is 1. The molecule has 1 aliphatic rings. The van der Waals surface area contributed by atoms with Crippen LogP contribution in [0.2, 0.25) is 0 Å². The van der Waals surface area contributed by atoms with Gasteiger partial charge in [-0.05, 0) is 32.4 Å². The summed E-state index contributed by atoms with van der Waals surface area (Å²) < 4.78 is 5.68. The maximum atomic E-state index is 6.06. The van der Waals surface area contributed by atoms with Crippen LogP contribution in [0, 0.1) is 0 Å². The molecule has 2 aromatic rings. The van der Waals surface area contributed by atoms with E-state index >= 15 is 0 Å². The highest BCUT2D eigenvalue weighted by atomic mass is 16.3. The van der Waals surface area contributed by atoms with Crippen molar-refractivity contribution in [2.75, 3.05) is 13.1 Å². The summed E-state index contributed by atoms with van der Waals surface area (Å²) in [6, 6.07) is 9.11. The van der Waals surface area contributed by atoms with E-state index in [4.69, 9.17) is 10.2 Å². The largest absolute Gasteiger partial charge is 0.464 e. The predicted molar refractivity (Wildman–Crippen MR) is 78.0 cm³/mol. The number of piperidine rings is 1. The summed E-state index contributed by atoms with van der Waals surface area (Å²) in [5.74, 6) is 0. The summed E-state index contributed by atoms with van der Waals surface area (Å²) in [5.41, 5.74) is 8.27. The highest BCUT2D eigenvalue weighted by Gasteiger charge is 2.28. The second kappa shape index (κ2) is 5.35. The first-order valence-corrected chi connectivity index (χ1v) is 7.23. The molecular weight excluding hydrogens is 236 g/mol. The number of fused-ring (bicyclic) bond motifs is 1. The second-order valence-electron chi connectivity index (χ2n) is 5.52. The Kier molecular flexibility index (Phi) is 3.58. The molecule has 3 rings (SSSR count). The molecule has 2 heterocycles. The van der Waals surface area contributed by atoms with Crippen LogP contribution in [0.15, 0.2) is 34.9 Å². The van der Waals surface area contributed by atoms with Crippen LogP contribution in [0.4, 0.5) is 0 Å². The van der Waals surface area contributed by atoms with Crippen LogP contribution in [0.25, 0.3) is 11.0 Å². The van der Waals surface area contributed by atoms with Crippen molar-refractivity contribution >= 4 is 11.0 Å². The molecule has 3 nitrogen and oxygen atoms in total. The van der Waals surface area contributed by atoms with E-state index in [1.807, 2.05) is 18.4 Å². The van der Waals surface area contributed by atoms with Gasteiger partial charge in [0, 0.05) is 23.5 Å². The zero-order valence-electron chi connectivity index (χ0n) is 11.5. The third-order valence-corrected chi connectivity index (χ3v) is 4.35. The Hall–Kier alpha value is -1.32. The molecule has 1 aromatic carbocycles. The number of para-hydroxylation sites is 1. The number of benzene rings is 1. The fraction of sp³-hybridized carbons (Fsp3) is 0.500. The molecule has 1 aromatic heterocycles. The van der Waals surface area contributed by atoms with E-state index in [0.717, 1.165) is 12.1 Å². The average molecular weight is 258 g/mol. The van der Waals surface area contributed by atoms with Gasteiger partial charge in [-0.25, -0.2) is 0 Å². The zero-order valence-corrected chi connectivity index (χ0v) is 11.5. The van der Waals surface area contributed by atoms with Crippen molar-refractivity contribution in [3.63, 3.8) is 0 Å². The zero-order chi connectivity index (χ0) is 13.2. The van der Waals surface area contributed by atoms with Gasteiger partial charge in [-0.3, -0.25) is 4.90 Å². The van der Waals surface area contributed by atoms with E-state index in [0.29, 0.717) is 12.6 Å². The van der Waals surface area contributed by atoms with Crippen molar-refractivity contribution in [1.29, 1.82) is 0 Å². The highest BCUT2D eigenvalue weighted by Crippen LogP contribution is 2.33. The van der Waals surface area contributed by atoms with Crippen molar-refractivity contribution in [2.24, 2.45) is 5.73 Å². The summed E-state index contributed by atoms with van der Waals surface area (Å²) in [7, 11) is 0. The van der Waals surface area contributed by atoms with Crippen molar-refractivity contribution in [1.82, 2.24) is 4.90 Å². The summed E-state index contributed by atoms with van der Waals surface area (Å²) in [5, 5.41) is 1.20. The molecule has 0 bridgehead atoms. The van der Waals surface area contributed by atoms with Gasteiger partial charge in [0.05, 0.1) is 12.3 Å². The van der Waals surface area contributed by atoms with E-state index in [9.17, 15) is 0 Å². The maximum Gasteiger partial charge on any atom is 0.134 e. The molecule has 19 heavy (non-hydrogen) atoms. The fourth-order valence-corrected chi connectivity index (χ4v) is 3.28. The topological polar surface area (TPSA) is 42.4 Å². The lowest BCUT2D eigenvalue weighted by Crippen LogP contribution is -2.42. The molecule has 102 valence electrons. The van der Waals surface area contributed by atoms with Gasteiger partial charge in [0.2, 0.25) is 0 Å². The van der Waals surface area contributed by atoms with Gasteiger partial charge in [-0.1, -0.05) is 24.6 Å². The molecule has 0 saturated carbocycles. The number of furan rings is 1. The van der Waals surface area contributed by atoms with Gasteiger partial charge >= 0.3 is 0 Å². The minimum Gasteiger partial charge on any atom is -0.464 e. The summed E-state index contributed by atoms with van der Waals surface area (Å²) in [6.45, 7) is 4.10. The number of hydrogen-bond acceptors (Lipinski definition) is 3. The monoisotopic (exact) mass is 258 g/mol. The van der Waals surface area contributed by atoms with Crippen LogP contribution < -0.4 is 5.73 Å². The third-order valence-electron chi connectivity index (χ3n) is 4.35. The molecule has 0 aliphatic carbocycles. The summed E-state index contributed by atoms with van der Waals surface area (Å²) >= 11 is 0. The fourth-order valence-electron chi connectivity index (χ4n) is 3.28. The number of rotatable bonds is 3. The molecule has 1 fully saturated rings. The number of nitrogens with two attached hydrogens (primary N) is 1. The molecule has 1 aliphatic heterocycles. The lowest BCUT2D eigenvalue weighted by atomic mass is 9.97. The predicted octanol–water partition coefficient (Wildman–Crippen LogP) is 3.31. The standard InChI is InChI=1S/C16H22N2O/c1-12-6-4-5-9-18(12)15(10-17)14-11-19-16-8-3-2-7-13(14)16/h2-3,7-8,11-12,15H,4-6,9-10,17H2,1H3.